The summed E-state index contributed by atoms with van der Waals surface area (Å²) >= 11 is 1.31. The van der Waals surface area contributed by atoms with Crippen molar-refractivity contribution in [2.75, 3.05) is 12.3 Å². The molecule has 0 saturated carbocycles. The zero-order chi connectivity index (χ0) is 19.2. The third-order valence-corrected chi connectivity index (χ3v) is 5.28. The molecular formula is C22H21N3OS. The Balaban J connectivity index is 1.63. The van der Waals surface area contributed by atoms with Gasteiger partial charge >= 0.3 is 0 Å². The first-order chi connectivity index (χ1) is 13.1. The largest absolute Gasteiger partial charge is 0.355 e. The molecule has 0 aliphatic carbocycles. The number of rotatable bonds is 6. The Bertz CT molecular complexity index is 1010. The van der Waals surface area contributed by atoms with Gasteiger partial charge in [-0.2, -0.15) is 5.26 Å². The molecule has 0 aliphatic rings. The predicted molar refractivity (Wildman–Crippen MR) is 110 cm³/mol. The third kappa shape index (κ3) is 4.87. The van der Waals surface area contributed by atoms with Gasteiger partial charge in [-0.3, -0.25) is 4.79 Å². The van der Waals surface area contributed by atoms with Crippen LogP contribution in [0.3, 0.4) is 0 Å². The third-order valence-electron chi connectivity index (χ3n) is 4.29. The van der Waals surface area contributed by atoms with E-state index >= 15 is 0 Å². The Morgan fingerprint density at radius 1 is 1.19 bits per heavy atom. The number of pyridine rings is 1. The second kappa shape index (κ2) is 8.70. The number of carbonyl (C=O) groups is 1. The molecule has 1 N–H and O–H groups in total. The SMILES string of the molecule is Cc1cc(C)c2cc(C#N)c(SCC(=O)NCCc3ccccc3)nc2c1. The van der Waals surface area contributed by atoms with Crippen LogP contribution in [-0.4, -0.2) is 23.2 Å². The summed E-state index contributed by atoms with van der Waals surface area (Å²) in [5.74, 6) is 0.189. The van der Waals surface area contributed by atoms with E-state index in [-0.39, 0.29) is 11.7 Å². The Morgan fingerprint density at radius 3 is 2.70 bits per heavy atom. The molecule has 136 valence electrons. The van der Waals surface area contributed by atoms with Crippen molar-refractivity contribution in [2.45, 2.75) is 25.3 Å². The van der Waals surface area contributed by atoms with Crippen LogP contribution in [0.4, 0.5) is 0 Å². The lowest BCUT2D eigenvalue weighted by molar-refractivity contribution is -0.118. The first-order valence-electron chi connectivity index (χ1n) is 8.82. The average Bonchev–Trinajstić information content (AvgIpc) is 2.66. The fourth-order valence-corrected chi connectivity index (χ4v) is 3.77. The molecule has 3 rings (SSSR count). The fraction of sp³-hybridized carbons (Fsp3) is 0.227. The first kappa shape index (κ1) is 18.9. The number of thioether (sulfide) groups is 1. The van der Waals surface area contributed by atoms with E-state index in [9.17, 15) is 10.1 Å². The Labute approximate surface area is 163 Å². The number of aromatic nitrogens is 1. The summed E-state index contributed by atoms with van der Waals surface area (Å²) in [5.41, 5.74) is 4.80. The lowest BCUT2D eigenvalue weighted by atomic mass is 10.1. The van der Waals surface area contributed by atoms with Gasteiger partial charge in [0, 0.05) is 11.9 Å². The normalized spacial score (nSPS) is 10.6. The lowest BCUT2D eigenvalue weighted by Gasteiger charge is -2.09. The van der Waals surface area contributed by atoms with E-state index in [1.165, 1.54) is 17.3 Å². The Hall–Kier alpha value is -2.84. The van der Waals surface area contributed by atoms with E-state index < -0.39 is 0 Å². The highest BCUT2D eigenvalue weighted by molar-refractivity contribution is 8.00. The number of hydrogen-bond donors (Lipinski definition) is 1. The molecule has 4 nitrogen and oxygen atoms in total. The lowest BCUT2D eigenvalue weighted by Crippen LogP contribution is -2.27. The van der Waals surface area contributed by atoms with Crippen LogP contribution in [0.15, 0.2) is 53.6 Å². The van der Waals surface area contributed by atoms with Gasteiger partial charge in [0.15, 0.2) is 0 Å². The van der Waals surface area contributed by atoms with Crippen LogP contribution in [0.1, 0.15) is 22.3 Å². The number of nitrogens with zero attached hydrogens (tertiary/aromatic N) is 2. The first-order valence-corrected chi connectivity index (χ1v) is 9.81. The summed E-state index contributed by atoms with van der Waals surface area (Å²) < 4.78 is 0. The van der Waals surface area contributed by atoms with Crippen molar-refractivity contribution < 1.29 is 4.79 Å². The topological polar surface area (TPSA) is 65.8 Å². The number of nitrogens with one attached hydrogen (secondary N) is 1. The molecule has 0 aliphatic heterocycles. The van der Waals surface area contributed by atoms with Crippen LogP contribution in [0.2, 0.25) is 0 Å². The second-order valence-corrected chi connectivity index (χ2v) is 7.44. The standard InChI is InChI=1S/C22H21N3OS/c1-15-10-16(2)19-12-18(13-23)22(25-20(19)11-15)27-14-21(26)24-9-8-17-6-4-3-5-7-17/h3-7,10-12H,8-9,14H2,1-2H3,(H,24,26). The van der Waals surface area contributed by atoms with E-state index in [1.54, 1.807) is 0 Å². The van der Waals surface area contributed by atoms with Gasteiger partial charge in [0.2, 0.25) is 5.91 Å². The highest BCUT2D eigenvalue weighted by Crippen LogP contribution is 2.27. The molecule has 0 unspecified atom stereocenters. The maximum Gasteiger partial charge on any atom is 0.230 e. The Morgan fingerprint density at radius 2 is 1.96 bits per heavy atom. The second-order valence-electron chi connectivity index (χ2n) is 6.48. The molecule has 2 aromatic carbocycles. The van der Waals surface area contributed by atoms with Crippen molar-refractivity contribution in [1.82, 2.24) is 10.3 Å². The molecule has 1 aromatic heterocycles. The van der Waals surface area contributed by atoms with E-state index in [0.29, 0.717) is 17.1 Å². The summed E-state index contributed by atoms with van der Waals surface area (Å²) in [6.07, 6.45) is 0.799. The highest BCUT2D eigenvalue weighted by Gasteiger charge is 2.11. The molecule has 1 heterocycles. The zero-order valence-corrected chi connectivity index (χ0v) is 16.3. The smallest absolute Gasteiger partial charge is 0.230 e. The molecule has 27 heavy (non-hydrogen) atoms. The minimum absolute atomic E-state index is 0.0536. The minimum Gasteiger partial charge on any atom is -0.355 e. The monoisotopic (exact) mass is 375 g/mol. The van der Waals surface area contributed by atoms with Gasteiger partial charge in [-0.15, -0.1) is 0 Å². The summed E-state index contributed by atoms with van der Waals surface area (Å²) in [4.78, 5) is 16.8. The number of aryl methyl sites for hydroxylation is 2. The minimum atomic E-state index is -0.0536. The number of carbonyl (C=O) groups excluding carboxylic acids is 1. The highest BCUT2D eigenvalue weighted by atomic mass is 32.2. The molecule has 1 amide bonds. The molecule has 0 saturated heterocycles. The zero-order valence-electron chi connectivity index (χ0n) is 15.5. The van der Waals surface area contributed by atoms with Gasteiger partial charge in [0.05, 0.1) is 16.8 Å². The number of benzene rings is 2. The van der Waals surface area contributed by atoms with Crippen LogP contribution >= 0.6 is 11.8 Å². The predicted octanol–water partition coefficient (Wildman–Crippen LogP) is 4.17. The summed E-state index contributed by atoms with van der Waals surface area (Å²) in [6, 6.07) is 18.2. The van der Waals surface area contributed by atoms with Gasteiger partial charge in [0.1, 0.15) is 11.1 Å². The van der Waals surface area contributed by atoms with Gasteiger partial charge in [0.25, 0.3) is 0 Å². The molecular weight excluding hydrogens is 354 g/mol. The van der Waals surface area contributed by atoms with Crippen molar-refractivity contribution in [3.63, 3.8) is 0 Å². The average molecular weight is 375 g/mol. The maximum absolute atomic E-state index is 12.1. The van der Waals surface area contributed by atoms with Crippen LogP contribution in [0.25, 0.3) is 10.9 Å². The molecule has 0 spiro atoms. The molecule has 0 radical (unpaired) electrons. The van der Waals surface area contributed by atoms with Gasteiger partial charge in [-0.1, -0.05) is 48.2 Å². The maximum atomic E-state index is 12.1. The van der Waals surface area contributed by atoms with Crippen molar-refractivity contribution in [3.8, 4) is 6.07 Å². The number of amides is 1. The molecule has 0 bridgehead atoms. The molecule has 0 fully saturated rings. The molecule has 5 heteroatoms. The molecule has 0 atom stereocenters. The van der Waals surface area contributed by atoms with E-state index in [0.717, 1.165) is 28.5 Å². The summed E-state index contributed by atoms with van der Waals surface area (Å²) in [6.45, 7) is 4.64. The van der Waals surface area contributed by atoms with Gasteiger partial charge in [-0.05, 0) is 49.1 Å². The van der Waals surface area contributed by atoms with Crippen LogP contribution in [0, 0.1) is 25.2 Å². The summed E-state index contributed by atoms with van der Waals surface area (Å²) in [7, 11) is 0. The summed E-state index contributed by atoms with van der Waals surface area (Å²) in [5, 5.41) is 14.0. The van der Waals surface area contributed by atoms with Crippen molar-refractivity contribution in [3.05, 3.63) is 70.8 Å². The molecule has 3 aromatic rings. The van der Waals surface area contributed by atoms with Crippen LogP contribution < -0.4 is 5.32 Å². The fourth-order valence-electron chi connectivity index (χ4n) is 2.98. The number of fused-ring (bicyclic) bond motifs is 1. The van der Waals surface area contributed by atoms with Crippen molar-refractivity contribution in [1.29, 1.82) is 5.26 Å². The van der Waals surface area contributed by atoms with Crippen molar-refractivity contribution >= 4 is 28.6 Å². The number of hydrogen-bond acceptors (Lipinski definition) is 4. The van der Waals surface area contributed by atoms with E-state index in [2.05, 4.69) is 22.4 Å². The quantitative estimate of drug-likeness (QED) is 0.657. The number of nitriles is 1. The van der Waals surface area contributed by atoms with Crippen LogP contribution in [0.5, 0.6) is 0 Å². The Kier molecular flexibility index (Phi) is 6.10. The van der Waals surface area contributed by atoms with E-state index in [1.807, 2.05) is 56.3 Å². The van der Waals surface area contributed by atoms with Crippen molar-refractivity contribution in [2.24, 2.45) is 0 Å². The van der Waals surface area contributed by atoms with E-state index in [4.69, 9.17) is 0 Å². The van der Waals surface area contributed by atoms with Crippen LogP contribution in [-0.2, 0) is 11.2 Å². The van der Waals surface area contributed by atoms with Gasteiger partial charge in [-0.25, -0.2) is 4.98 Å². The van der Waals surface area contributed by atoms with Gasteiger partial charge < -0.3 is 5.32 Å².